The lowest BCUT2D eigenvalue weighted by Gasteiger charge is -2.12. The molecule has 3 aromatic carbocycles. The molecule has 0 heterocycles. The third-order valence-corrected chi connectivity index (χ3v) is 6.40. The number of carbonyl (C=O) groups is 2. The van der Waals surface area contributed by atoms with E-state index < -0.39 is 16.7 Å². The summed E-state index contributed by atoms with van der Waals surface area (Å²) in [6.45, 7) is 0. The van der Waals surface area contributed by atoms with Gasteiger partial charge < -0.3 is 39.1 Å². The van der Waals surface area contributed by atoms with E-state index >= 15 is 0 Å². The maximum Gasteiger partial charge on any atom is 0.271 e. The number of rotatable bonds is 15. The Balaban J connectivity index is 1.71. The van der Waals surface area contributed by atoms with E-state index in [1.807, 2.05) is 0 Å². The first kappa shape index (κ1) is 35.2. The van der Waals surface area contributed by atoms with Gasteiger partial charge in [-0.05, 0) is 41.5 Å². The van der Waals surface area contributed by atoms with Crippen molar-refractivity contribution in [3.8, 4) is 34.5 Å². The number of nitro benzene ring substituents is 1. The van der Waals surface area contributed by atoms with E-state index in [9.17, 15) is 19.7 Å². The molecule has 0 saturated carbocycles. The number of carbonyl (C=O) groups excluding carboxylic acids is 2. The highest BCUT2D eigenvalue weighted by Gasteiger charge is 2.15. The number of methoxy groups -OCH3 is 6. The number of anilines is 2. The first-order valence-corrected chi connectivity index (χ1v) is 13.9. The normalized spacial score (nSPS) is 11.2. The summed E-state index contributed by atoms with van der Waals surface area (Å²) in [5, 5.41) is 16.6. The Bertz CT molecular complexity index is 1680. The largest absolute Gasteiger partial charge is 0.493 e. The van der Waals surface area contributed by atoms with Crippen LogP contribution < -0.4 is 39.1 Å². The molecule has 47 heavy (non-hydrogen) atoms. The third-order valence-electron chi connectivity index (χ3n) is 6.40. The van der Waals surface area contributed by atoms with E-state index in [0.29, 0.717) is 34.5 Å². The fraction of sp³-hybridized carbons (Fsp3) is 0.176. The van der Waals surface area contributed by atoms with Gasteiger partial charge in [0.15, 0.2) is 23.0 Å². The average Bonchev–Trinajstić information content (AvgIpc) is 3.08. The fourth-order valence-electron chi connectivity index (χ4n) is 4.22. The molecule has 0 saturated heterocycles. The molecule has 0 spiro atoms. The molecule has 0 fully saturated rings. The molecular formula is C34H35N3O10. The number of allylic oxidation sites excluding steroid dienone is 4. The van der Waals surface area contributed by atoms with Crippen molar-refractivity contribution in [3.63, 3.8) is 0 Å². The van der Waals surface area contributed by atoms with Gasteiger partial charge in [0.05, 0.1) is 59.0 Å². The number of hydrogen-bond acceptors (Lipinski definition) is 10. The molecule has 2 amide bonds. The Hall–Kier alpha value is -6.24. The summed E-state index contributed by atoms with van der Waals surface area (Å²) in [6, 6.07) is 10.7. The van der Waals surface area contributed by atoms with E-state index in [4.69, 9.17) is 28.4 Å². The van der Waals surface area contributed by atoms with Crippen molar-refractivity contribution in [1.82, 2.24) is 0 Å². The lowest BCUT2D eigenvalue weighted by atomic mass is 10.1. The lowest BCUT2D eigenvalue weighted by molar-refractivity contribution is -0.384. The molecule has 0 aliphatic rings. The van der Waals surface area contributed by atoms with E-state index in [1.165, 1.54) is 79.1 Å². The van der Waals surface area contributed by atoms with Gasteiger partial charge in [-0.25, -0.2) is 0 Å². The maximum atomic E-state index is 12.7. The third kappa shape index (κ3) is 9.62. The number of nitro groups is 1. The minimum Gasteiger partial charge on any atom is -0.493 e. The standard InChI is InChI=1S/C34H35N3O10/c1-42-27-17-22(18-28(43-2)33(27)46-5)11-7-9-13-31(38)35-25-16-15-24(37(40)41)21-26(25)36-32(39)14-10-8-12-23-19-29(44-3)34(47-6)30(20-23)45-4/h7-21H,1-6H3,(H,35,38)(H,36,39)/b11-7+,12-8+,13-9+,14-10+. The zero-order valence-electron chi connectivity index (χ0n) is 26.7. The lowest BCUT2D eigenvalue weighted by Crippen LogP contribution is -2.14. The SMILES string of the molecule is COc1cc(/C=C/C=C/C(=O)Nc2ccc([N+](=O)[O-])cc2NC(=O)/C=C/C=C/c2cc(OC)c(OC)c(OC)c2)cc(OC)c1OC. The highest BCUT2D eigenvalue weighted by Crippen LogP contribution is 2.39. The monoisotopic (exact) mass is 645 g/mol. The molecule has 13 nitrogen and oxygen atoms in total. The van der Waals surface area contributed by atoms with Gasteiger partial charge in [-0.15, -0.1) is 0 Å². The number of nitrogens with zero attached hydrogens (tertiary/aromatic N) is 1. The van der Waals surface area contributed by atoms with Gasteiger partial charge in [-0.1, -0.05) is 36.5 Å². The molecular weight excluding hydrogens is 610 g/mol. The molecule has 3 rings (SSSR count). The van der Waals surface area contributed by atoms with Crippen molar-refractivity contribution in [2.75, 3.05) is 53.3 Å². The number of hydrogen-bond donors (Lipinski definition) is 2. The average molecular weight is 646 g/mol. The van der Waals surface area contributed by atoms with Gasteiger partial charge in [0.2, 0.25) is 23.3 Å². The number of amides is 2. The molecule has 0 bridgehead atoms. The van der Waals surface area contributed by atoms with Gasteiger partial charge in [-0.2, -0.15) is 0 Å². The van der Waals surface area contributed by atoms with Gasteiger partial charge in [0.1, 0.15) is 0 Å². The van der Waals surface area contributed by atoms with Crippen molar-refractivity contribution >= 4 is 41.0 Å². The first-order chi connectivity index (χ1) is 22.7. The minimum absolute atomic E-state index is 0.0390. The second kappa shape index (κ2) is 17.3. The van der Waals surface area contributed by atoms with E-state index in [0.717, 1.165) is 17.2 Å². The van der Waals surface area contributed by atoms with E-state index in [2.05, 4.69) is 10.6 Å². The topological polar surface area (TPSA) is 157 Å². The number of benzene rings is 3. The quantitative estimate of drug-likeness (QED) is 0.0861. The number of ether oxygens (including phenoxy) is 6. The highest BCUT2D eigenvalue weighted by molar-refractivity contribution is 6.06. The van der Waals surface area contributed by atoms with Gasteiger partial charge >= 0.3 is 0 Å². The van der Waals surface area contributed by atoms with Crippen LogP contribution >= 0.6 is 0 Å². The molecule has 0 radical (unpaired) electrons. The Kier molecular flexibility index (Phi) is 13.0. The van der Waals surface area contributed by atoms with Crippen molar-refractivity contribution in [3.05, 3.63) is 100 Å². The number of nitrogens with one attached hydrogen (secondary N) is 2. The zero-order chi connectivity index (χ0) is 34.3. The van der Waals surface area contributed by atoms with E-state index in [1.54, 1.807) is 48.6 Å². The van der Waals surface area contributed by atoms with Crippen LogP contribution in [0.5, 0.6) is 34.5 Å². The summed E-state index contributed by atoms with van der Waals surface area (Å²) in [6.07, 6.45) is 12.2. The second-order valence-corrected chi connectivity index (χ2v) is 9.32. The van der Waals surface area contributed by atoms with Crippen LogP contribution in [-0.2, 0) is 9.59 Å². The molecule has 2 N–H and O–H groups in total. The minimum atomic E-state index is -0.606. The van der Waals surface area contributed by atoms with Gasteiger partial charge in [0.25, 0.3) is 5.69 Å². The van der Waals surface area contributed by atoms with Crippen LogP contribution in [0.2, 0.25) is 0 Å². The Labute approximate surface area is 271 Å². The van der Waals surface area contributed by atoms with E-state index in [-0.39, 0.29) is 17.1 Å². The Morgan fingerprint density at radius 2 is 1.00 bits per heavy atom. The van der Waals surface area contributed by atoms with Crippen LogP contribution in [0.25, 0.3) is 12.2 Å². The van der Waals surface area contributed by atoms with Crippen molar-refractivity contribution in [2.45, 2.75) is 0 Å². The second-order valence-electron chi connectivity index (χ2n) is 9.32. The van der Waals surface area contributed by atoms with Gasteiger partial charge in [0, 0.05) is 24.3 Å². The predicted octanol–water partition coefficient (Wildman–Crippen LogP) is 6.06. The molecule has 0 aliphatic carbocycles. The summed E-state index contributed by atoms with van der Waals surface area (Å²) < 4.78 is 32.0. The molecule has 13 heteroatoms. The Morgan fingerprint density at radius 1 is 0.596 bits per heavy atom. The Morgan fingerprint density at radius 3 is 1.36 bits per heavy atom. The fourth-order valence-corrected chi connectivity index (χ4v) is 4.22. The number of non-ortho nitro benzene ring substituents is 1. The predicted molar refractivity (Wildman–Crippen MR) is 179 cm³/mol. The molecule has 0 aliphatic heterocycles. The molecule has 246 valence electrons. The van der Waals surface area contributed by atoms with Crippen molar-refractivity contribution in [2.24, 2.45) is 0 Å². The first-order valence-electron chi connectivity index (χ1n) is 13.9. The summed E-state index contributed by atoms with van der Waals surface area (Å²) >= 11 is 0. The van der Waals surface area contributed by atoms with Crippen LogP contribution in [0.4, 0.5) is 17.1 Å². The van der Waals surface area contributed by atoms with Gasteiger partial charge in [-0.3, -0.25) is 19.7 Å². The molecule has 0 aromatic heterocycles. The van der Waals surface area contributed by atoms with Crippen LogP contribution in [0.3, 0.4) is 0 Å². The highest BCUT2D eigenvalue weighted by atomic mass is 16.6. The molecule has 3 aromatic rings. The summed E-state index contributed by atoms with van der Waals surface area (Å²) in [5.41, 5.74) is 1.38. The van der Waals surface area contributed by atoms with Crippen molar-refractivity contribution in [1.29, 1.82) is 0 Å². The summed E-state index contributed by atoms with van der Waals surface area (Å²) in [7, 11) is 9.05. The van der Waals surface area contributed by atoms with Crippen LogP contribution in [0.1, 0.15) is 11.1 Å². The zero-order valence-corrected chi connectivity index (χ0v) is 26.7. The van der Waals surface area contributed by atoms with Crippen molar-refractivity contribution < 1.29 is 42.9 Å². The van der Waals surface area contributed by atoms with Crippen LogP contribution in [0.15, 0.2) is 78.9 Å². The molecule has 0 atom stereocenters. The smallest absolute Gasteiger partial charge is 0.271 e. The summed E-state index contributed by atoms with van der Waals surface area (Å²) in [5.74, 6) is 1.68. The summed E-state index contributed by atoms with van der Waals surface area (Å²) in [4.78, 5) is 36.1. The van der Waals surface area contributed by atoms with Crippen LogP contribution in [0, 0.1) is 10.1 Å². The molecule has 0 unspecified atom stereocenters. The maximum absolute atomic E-state index is 12.7. The van der Waals surface area contributed by atoms with Crippen LogP contribution in [-0.4, -0.2) is 59.4 Å².